The van der Waals surface area contributed by atoms with E-state index in [0.717, 1.165) is 31.3 Å². The Kier molecular flexibility index (Phi) is 9.15. The van der Waals surface area contributed by atoms with Gasteiger partial charge in [0.05, 0.1) is 6.04 Å². The number of rotatable bonds is 6. The third-order valence-corrected chi connectivity index (χ3v) is 6.74. The number of likely N-dealkylation sites (tertiary alicyclic amines) is 1. The van der Waals surface area contributed by atoms with Gasteiger partial charge in [0.15, 0.2) is 5.96 Å². The summed E-state index contributed by atoms with van der Waals surface area (Å²) < 4.78 is 0. The Morgan fingerprint density at radius 1 is 1.19 bits per heavy atom. The first-order valence-corrected chi connectivity index (χ1v) is 11.7. The number of nitrogens with one attached hydrogen (secondary N) is 2. The number of halogens is 1. The minimum Gasteiger partial charge on any atom is -0.356 e. The smallest absolute Gasteiger partial charge is 0.229 e. The Balaban J connectivity index is 0.00000272. The third-order valence-electron chi connectivity index (χ3n) is 5.88. The third kappa shape index (κ3) is 6.66. The van der Waals surface area contributed by atoms with Gasteiger partial charge in [0.1, 0.15) is 0 Å². The van der Waals surface area contributed by atoms with Gasteiger partial charge in [-0.15, -0.1) is 35.3 Å². The molecular weight excluding hydrogens is 521 g/mol. The zero-order valence-corrected chi connectivity index (χ0v) is 21.1. The van der Waals surface area contributed by atoms with Crippen molar-refractivity contribution < 1.29 is 4.79 Å². The molecule has 8 heteroatoms. The molecule has 2 aliphatic heterocycles. The summed E-state index contributed by atoms with van der Waals surface area (Å²) in [6.07, 6.45) is 2.98. The molecule has 0 aliphatic carbocycles. The van der Waals surface area contributed by atoms with Crippen LogP contribution in [0.4, 0.5) is 5.69 Å². The largest absolute Gasteiger partial charge is 0.356 e. The number of amides is 1. The Bertz CT molecular complexity index is 845. The first kappa shape index (κ1) is 24.0. The maximum atomic E-state index is 12.4. The van der Waals surface area contributed by atoms with Crippen molar-refractivity contribution in [3.8, 4) is 0 Å². The van der Waals surface area contributed by atoms with Crippen LogP contribution in [-0.2, 0) is 11.3 Å². The van der Waals surface area contributed by atoms with Crippen molar-refractivity contribution in [1.29, 1.82) is 0 Å². The number of carbonyl (C=O) groups is 1. The summed E-state index contributed by atoms with van der Waals surface area (Å²) in [5.41, 5.74) is 0.961. The van der Waals surface area contributed by atoms with Crippen LogP contribution in [0.5, 0.6) is 0 Å². The molecule has 3 heterocycles. The van der Waals surface area contributed by atoms with E-state index in [0.29, 0.717) is 18.9 Å². The number of hydrogen-bond acceptors (Lipinski definition) is 4. The van der Waals surface area contributed by atoms with Crippen LogP contribution in [0.25, 0.3) is 0 Å². The first-order valence-electron chi connectivity index (χ1n) is 10.8. The molecule has 0 spiro atoms. The summed E-state index contributed by atoms with van der Waals surface area (Å²) in [6.45, 7) is 4.93. The summed E-state index contributed by atoms with van der Waals surface area (Å²) in [5, 5.41) is 9.10. The van der Waals surface area contributed by atoms with Crippen LogP contribution < -0.4 is 15.5 Å². The highest BCUT2D eigenvalue weighted by Crippen LogP contribution is 2.22. The molecule has 0 radical (unpaired) electrons. The van der Waals surface area contributed by atoms with E-state index in [2.05, 4.69) is 38.0 Å². The minimum atomic E-state index is 0. The summed E-state index contributed by atoms with van der Waals surface area (Å²) in [4.78, 5) is 22.7. The molecule has 6 nitrogen and oxygen atoms in total. The van der Waals surface area contributed by atoms with Crippen molar-refractivity contribution in [1.82, 2.24) is 15.5 Å². The van der Waals surface area contributed by atoms with Crippen LogP contribution in [0.15, 0.2) is 52.8 Å². The number of nitrogens with zero attached hydrogens (tertiary/aromatic N) is 3. The number of hydrogen-bond donors (Lipinski definition) is 2. The number of anilines is 1. The number of aliphatic imine (C=N–C) groups is 1. The molecule has 2 aromatic rings. The molecule has 2 atom stereocenters. The predicted molar refractivity (Wildman–Crippen MR) is 139 cm³/mol. The van der Waals surface area contributed by atoms with Crippen molar-refractivity contribution in [3.63, 3.8) is 0 Å². The molecule has 4 rings (SSSR count). The number of carbonyl (C=O) groups excluding carboxylic acids is 1. The van der Waals surface area contributed by atoms with Crippen LogP contribution in [0.1, 0.15) is 24.1 Å². The molecule has 2 aliphatic rings. The lowest BCUT2D eigenvalue weighted by molar-refractivity contribution is -0.117. The van der Waals surface area contributed by atoms with Crippen LogP contribution in [0, 0.1) is 5.92 Å². The first-order chi connectivity index (χ1) is 14.7. The van der Waals surface area contributed by atoms with Gasteiger partial charge in [0.25, 0.3) is 0 Å². The molecule has 1 aromatic heterocycles. The Morgan fingerprint density at radius 3 is 2.77 bits per heavy atom. The van der Waals surface area contributed by atoms with Gasteiger partial charge in [-0.3, -0.25) is 14.7 Å². The SMILES string of the molecule is CN=C(NCC1CCCN(Cc2cccs2)C1)NC1CC(=O)N(c2ccccc2)C1.I. The molecule has 0 bridgehead atoms. The second kappa shape index (κ2) is 11.8. The van der Waals surface area contributed by atoms with Crippen molar-refractivity contribution in [2.75, 3.05) is 38.1 Å². The molecule has 1 aromatic carbocycles. The molecule has 31 heavy (non-hydrogen) atoms. The Hall–Kier alpha value is -1.65. The van der Waals surface area contributed by atoms with Crippen molar-refractivity contribution in [2.45, 2.75) is 31.8 Å². The van der Waals surface area contributed by atoms with E-state index in [-0.39, 0.29) is 35.9 Å². The van der Waals surface area contributed by atoms with Crippen molar-refractivity contribution in [3.05, 3.63) is 52.7 Å². The van der Waals surface area contributed by atoms with E-state index in [1.807, 2.05) is 46.6 Å². The molecule has 2 N–H and O–H groups in total. The van der Waals surface area contributed by atoms with E-state index in [1.165, 1.54) is 24.3 Å². The van der Waals surface area contributed by atoms with Gasteiger partial charge in [-0.2, -0.15) is 0 Å². The topological polar surface area (TPSA) is 60.0 Å². The predicted octanol–water partition coefficient (Wildman–Crippen LogP) is 3.55. The maximum absolute atomic E-state index is 12.4. The van der Waals surface area contributed by atoms with Gasteiger partial charge in [-0.25, -0.2) is 0 Å². The standard InChI is InChI=1S/C23H31N5OS.HI/c1-24-23(26-19-13-22(29)28(16-19)20-8-3-2-4-9-20)25-14-18-7-5-11-27(15-18)17-21-10-6-12-30-21;/h2-4,6,8-10,12,18-19H,5,7,11,13-17H2,1H3,(H2,24,25,26);1H. The highest BCUT2D eigenvalue weighted by atomic mass is 127. The molecule has 2 saturated heterocycles. The highest BCUT2D eigenvalue weighted by Gasteiger charge is 2.31. The second-order valence-electron chi connectivity index (χ2n) is 8.16. The summed E-state index contributed by atoms with van der Waals surface area (Å²) >= 11 is 1.84. The number of guanidine groups is 1. The van der Waals surface area contributed by atoms with Gasteiger partial charge in [-0.1, -0.05) is 24.3 Å². The fraction of sp³-hybridized carbons (Fsp3) is 0.478. The lowest BCUT2D eigenvalue weighted by Crippen LogP contribution is -2.47. The zero-order chi connectivity index (χ0) is 20.8. The number of thiophene rings is 1. The van der Waals surface area contributed by atoms with Gasteiger partial charge in [0, 0.05) is 50.2 Å². The Labute approximate surface area is 206 Å². The van der Waals surface area contributed by atoms with Crippen LogP contribution in [-0.4, -0.2) is 56.0 Å². The maximum Gasteiger partial charge on any atom is 0.229 e. The highest BCUT2D eigenvalue weighted by molar-refractivity contribution is 14.0. The molecule has 168 valence electrons. The minimum absolute atomic E-state index is 0. The van der Waals surface area contributed by atoms with Gasteiger partial charge in [-0.05, 0) is 48.9 Å². The van der Waals surface area contributed by atoms with Crippen molar-refractivity contribution in [2.24, 2.45) is 10.9 Å². The number of benzene rings is 1. The lowest BCUT2D eigenvalue weighted by Gasteiger charge is -2.33. The van der Waals surface area contributed by atoms with E-state index >= 15 is 0 Å². The lowest BCUT2D eigenvalue weighted by atomic mass is 9.98. The second-order valence-corrected chi connectivity index (χ2v) is 9.19. The normalized spacial score (nSPS) is 22.3. The van der Waals surface area contributed by atoms with E-state index in [4.69, 9.17) is 0 Å². The fourth-order valence-electron chi connectivity index (χ4n) is 4.38. The van der Waals surface area contributed by atoms with Crippen LogP contribution in [0.3, 0.4) is 0 Å². The molecular formula is C23H32IN5OS. The average Bonchev–Trinajstić information content (AvgIpc) is 3.41. The van der Waals surface area contributed by atoms with E-state index in [1.54, 1.807) is 7.05 Å². The molecule has 1 amide bonds. The zero-order valence-electron chi connectivity index (χ0n) is 18.0. The summed E-state index contributed by atoms with van der Waals surface area (Å²) in [6, 6.07) is 14.3. The van der Waals surface area contributed by atoms with Crippen molar-refractivity contribution >= 4 is 52.9 Å². The van der Waals surface area contributed by atoms with Gasteiger partial charge in [0.2, 0.25) is 5.91 Å². The van der Waals surface area contributed by atoms with Gasteiger partial charge >= 0.3 is 0 Å². The monoisotopic (exact) mass is 553 g/mol. The fourth-order valence-corrected chi connectivity index (χ4v) is 5.12. The number of para-hydroxylation sites is 1. The van der Waals surface area contributed by atoms with Gasteiger partial charge < -0.3 is 15.5 Å². The summed E-state index contributed by atoms with van der Waals surface area (Å²) in [7, 11) is 1.80. The molecule has 2 fully saturated rings. The number of piperidine rings is 1. The quantitative estimate of drug-likeness (QED) is 0.327. The van der Waals surface area contributed by atoms with E-state index in [9.17, 15) is 4.79 Å². The molecule has 2 unspecified atom stereocenters. The average molecular weight is 554 g/mol. The van der Waals surface area contributed by atoms with Crippen LogP contribution in [0.2, 0.25) is 0 Å². The summed E-state index contributed by atoms with van der Waals surface area (Å²) in [5.74, 6) is 1.56. The molecule has 0 saturated carbocycles. The van der Waals surface area contributed by atoms with Crippen LogP contribution >= 0.6 is 35.3 Å². The Morgan fingerprint density at radius 2 is 2.03 bits per heavy atom. The van der Waals surface area contributed by atoms with E-state index < -0.39 is 0 Å².